The third-order valence-electron chi connectivity index (χ3n) is 3.74. The van der Waals surface area contributed by atoms with Crippen molar-refractivity contribution in [2.45, 2.75) is 31.7 Å². The summed E-state index contributed by atoms with van der Waals surface area (Å²) in [6.07, 6.45) is 5.14. The molecule has 1 aromatic rings. The van der Waals surface area contributed by atoms with Crippen molar-refractivity contribution >= 4 is 17.3 Å². The lowest BCUT2D eigenvalue weighted by Gasteiger charge is -2.25. The number of nitrogens with zero attached hydrogens (tertiary/aromatic N) is 1. The molecule has 4 nitrogen and oxygen atoms in total. The maximum Gasteiger partial charge on any atom is 0.337 e. The number of rotatable bonds is 5. The maximum absolute atomic E-state index is 10.9. The third-order valence-corrected chi connectivity index (χ3v) is 3.74. The van der Waals surface area contributed by atoms with Gasteiger partial charge in [0.2, 0.25) is 0 Å². The van der Waals surface area contributed by atoms with Crippen LogP contribution in [0.15, 0.2) is 18.2 Å². The normalized spacial score (nSPS) is 18.7. The quantitative estimate of drug-likeness (QED) is 0.783. The molecule has 1 aromatic carbocycles. The average molecular weight is 246 g/mol. The summed E-state index contributed by atoms with van der Waals surface area (Å²) < 4.78 is 0. The molecule has 0 atom stereocenters. The van der Waals surface area contributed by atoms with Crippen LogP contribution in [0.4, 0.5) is 11.4 Å². The van der Waals surface area contributed by atoms with Crippen LogP contribution in [0.5, 0.6) is 0 Å². The Morgan fingerprint density at radius 3 is 2.56 bits per heavy atom. The van der Waals surface area contributed by atoms with Gasteiger partial charge in [0.25, 0.3) is 0 Å². The highest BCUT2D eigenvalue weighted by Crippen LogP contribution is 2.38. The van der Waals surface area contributed by atoms with Crippen LogP contribution in [-0.2, 0) is 0 Å². The van der Waals surface area contributed by atoms with Gasteiger partial charge in [0, 0.05) is 24.0 Å². The van der Waals surface area contributed by atoms with Crippen molar-refractivity contribution in [3.05, 3.63) is 23.8 Å². The van der Waals surface area contributed by atoms with Crippen molar-refractivity contribution < 1.29 is 9.90 Å². The monoisotopic (exact) mass is 246 g/mol. The van der Waals surface area contributed by atoms with E-state index in [9.17, 15) is 4.79 Å². The summed E-state index contributed by atoms with van der Waals surface area (Å²) in [6.45, 7) is 1.09. The summed E-state index contributed by atoms with van der Waals surface area (Å²) in [6, 6.07) is 5.96. The molecule has 3 N–H and O–H groups in total. The Bertz CT molecular complexity index is 479. The number of carboxylic acids is 1. The lowest BCUT2D eigenvalue weighted by molar-refractivity contribution is 0.0698. The number of carboxylic acid groups (broad SMARTS) is 1. The SMILES string of the molecule is Nc1cc(N(CC2CC2)C2CC2)ccc1C(=O)O. The van der Waals surface area contributed by atoms with Gasteiger partial charge < -0.3 is 15.7 Å². The van der Waals surface area contributed by atoms with Crippen LogP contribution in [0.25, 0.3) is 0 Å². The number of carbonyl (C=O) groups is 1. The smallest absolute Gasteiger partial charge is 0.337 e. The number of benzene rings is 1. The van der Waals surface area contributed by atoms with Gasteiger partial charge in [-0.3, -0.25) is 0 Å². The van der Waals surface area contributed by atoms with Crippen LogP contribution in [0, 0.1) is 5.92 Å². The number of anilines is 2. The molecule has 0 aliphatic heterocycles. The first-order valence-corrected chi connectivity index (χ1v) is 6.54. The summed E-state index contributed by atoms with van der Waals surface area (Å²) in [4.78, 5) is 13.3. The van der Waals surface area contributed by atoms with Gasteiger partial charge in [-0.1, -0.05) is 0 Å². The molecule has 2 saturated carbocycles. The van der Waals surface area contributed by atoms with Crippen LogP contribution in [0.1, 0.15) is 36.0 Å². The van der Waals surface area contributed by atoms with Crippen LogP contribution >= 0.6 is 0 Å². The van der Waals surface area contributed by atoms with E-state index in [4.69, 9.17) is 10.8 Å². The van der Waals surface area contributed by atoms with Crippen molar-refractivity contribution in [1.82, 2.24) is 0 Å². The molecule has 0 aromatic heterocycles. The molecule has 4 heteroatoms. The highest BCUT2D eigenvalue weighted by molar-refractivity contribution is 5.94. The molecule has 96 valence electrons. The summed E-state index contributed by atoms with van der Waals surface area (Å²) >= 11 is 0. The minimum absolute atomic E-state index is 0.195. The van der Waals surface area contributed by atoms with Crippen molar-refractivity contribution in [2.24, 2.45) is 5.92 Å². The minimum atomic E-state index is -0.959. The fraction of sp³-hybridized carbons (Fsp3) is 0.500. The van der Waals surface area contributed by atoms with Crippen molar-refractivity contribution in [2.75, 3.05) is 17.2 Å². The summed E-state index contributed by atoms with van der Waals surface area (Å²) in [5.74, 6) is -0.134. The van der Waals surface area contributed by atoms with Crippen LogP contribution in [-0.4, -0.2) is 23.7 Å². The Kier molecular flexibility index (Phi) is 2.65. The van der Waals surface area contributed by atoms with Gasteiger partial charge in [-0.2, -0.15) is 0 Å². The molecule has 0 heterocycles. The zero-order chi connectivity index (χ0) is 12.7. The number of nitrogens with two attached hydrogens (primary N) is 1. The highest BCUT2D eigenvalue weighted by Gasteiger charge is 2.34. The van der Waals surface area contributed by atoms with Gasteiger partial charge in [-0.25, -0.2) is 4.79 Å². The standard InChI is InChI=1S/C14H18N2O2/c15-13-7-11(5-6-12(13)14(17)18)16(10-3-4-10)8-9-1-2-9/h5-7,9-10H,1-4,8,15H2,(H,17,18). The van der Waals surface area contributed by atoms with Gasteiger partial charge in [0.1, 0.15) is 0 Å². The van der Waals surface area contributed by atoms with E-state index >= 15 is 0 Å². The zero-order valence-electron chi connectivity index (χ0n) is 10.3. The summed E-state index contributed by atoms with van der Waals surface area (Å²) in [7, 11) is 0. The molecule has 0 unspecified atom stereocenters. The Morgan fingerprint density at radius 1 is 1.33 bits per heavy atom. The third kappa shape index (κ3) is 2.28. The summed E-state index contributed by atoms with van der Waals surface area (Å²) in [5, 5.41) is 8.98. The van der Waals surface area contributed by atoms with E-state index in [2.05, 4.69) is 4.90 Å². The van der Waals surface area contributed by atoms with E-state index in [1.807, 2.05) is 12.1 Å². The number of hydrogen-bond donors (Lipinski definition) is 2. The molecule has 2 aliphatic rings. The predicted octanol–water partition coefficient (Wildman–Crippen LogP) is 2.35. The molecule has 0 radical (unpaired) electrons. The minimum Gasteiger partial charge on any atom is -0.478 e. The van der Waals surface area contributed by atoms with Gasteiger partial charge in [-0.15, -0.1) is 0 Å². The molecule has 2 fully saturated rings. The first-order valence-electron chi connectivity index (χ1n) is 6.54. The Hall–Kier alpha value is -1.71. The summed E-state index contributed by atoms with van der Waals surface area (Å²) in [5.41, 5.74) is 7.45. The molecular weight excluding hydrogens is 228 g/mol. The molecule has 18 heavy (non-hydrogen) atoms. The second kappa shape index (κ2) is 4.19. The second-order valence-corrected chi connectivity index (χ2v) is 5.40. The molecule has 3 rings (SSSR count). The van der Waals surface area contributed by atoms with Crippen LogP contribution < -0.4 is 10.6 Å². The maximum atomic E-state index is 10.9. The van der Waals surface area contributed by atoms with Crippen molar-refractivity contribution in [3.8, 4) is 0 Å². The molecular formula is C14H18N2O2. The highest BCUT2D eigenvalue weighted by atomic mass is 16.4. The zero-order valence-corrected chi connectivity index (χ0v) is 10.3. The topological polar surface area (TPSA) is 66.6 Å². The number of hydrogen-bond acceptors (Lipinski definition) is 3. The fourth-order valence-electron chi connectivity index (χ4n) is 2.35. The lowest BCUT2D eigenvalue weighted by atomic mass is 10.1. The first-order chi connectivity index (χ1) is 8.65. The van der Waals surface area contributed by atoms with Gasteiger partial charge in [0.15, 0.2) is 0 Å². The number of nitrogen functional groups attached to an aromatic ring is 1. The molecule has 0 saturated heterocycles. The van der Waals surface area contributed by atoms with Crippen LogP contribution in [0.2, 0.25) is 0 Å². The van der Waals surface area contributed by atoms with E-state index in [0.29, 0.717) is 11.7 Å². The van der Waals surface area contributed by atoms with Gasteiger partial charge >= 0.3 is 5.97 Å². The second-order valence-electron chi connectivity index (χ2n) is 5.40. The van der Waals surface area contributed by atoms with E-state index in [1.165, 1.54) is 25.7 Å². The Labute approximate surface area is 106 Å². The Morgan fingerprint density at radius 2 is 2.06 bits per heavy atom. The van der Waals surface area contributed by atoms with Gasteiger partial charge in [-0.05, 0) is 49.8 Å². The lowest BCUT2D eigenvalue weighted by Crippen LogP contribution is -2.28. The largest absolute Gasteiger partial charge is 0.478 e. The molecule has 2 aliphatic carbocycles. The van der Waals surface area contributed by atoms with Crippen molar-refractivity contribution in [3.63, 3.8) is 0 Å². The fourth-order valence-corrected chi connectivity index (χ4v) is 2.35. The van der Waals surface area contributed by atoms with Gasteiger partial charge in [0.05, 0.1) is 5.56 Å². The molecule has 0 bridgehead atoms. The van der Waals surface area contributed by atoms with E-state index < -0.39 is 5.97 Å². The van der Waals surface area contributed by atoms with Crippen molar-refractivity contribution in [1.29, 1.82) is 0 Å². The van der Waals surface area contributed by atoms with E-state index in [-0.39, 0.29) is 5.56 Å². The average Bonchev–Trinajstić information content (AvgIpc) is 3.18. The van der Waals surface area contributed by atoms with E-state index in [1.54, 1.807) is 6.07 Å². The molecule has 0 spiro atoms. The number of aromatic carboxylic acids is 1. The van der Waals surface area contributed by atoms with E-state index in [0.717, 1.165) is 18.2 Å². The molecule has 0 amide bonds. The first kappa shape index (κ1) is 11.4. The Balaban J connectivity index is 1.84. The predicted molar refractivity (Wildman–Crippen MR) is 70.9 cm³/mol. The van der Waals surface area contributed by atoms with Crippen LogP contribution in [0.3, 0.4) is 0 Å².